The molecule has 3 nitrogen and oxygen atoms in total. The average molecular weight is 218 g/mol. The Morgan fingerprint density at radius 1 is 1.44 bits per heavy atom. The predicted molar refractivity (Wildman–Crippen MR) is 57.9 cm³/mol. The van der Waals surface area contributed by atoms with Crippen LogP contribution < -0.4 is 0 Å². The largest absolute Gasteiger partial charge is 0.303 e. The number of halogens is 1. The molecule has 1 heterocycles. The molecule has 2 aromatic rings. The molecule has 0 saturated carbocycles. The van der Waals surface area contributed by atoms with Crippen molar-refractivity contribution in [3.8, 4) is 5.69 Å². The summed E-state index contributed by atoms with van der Waals surface area (Å²) in [6.07, 6.45) is 3.46. The number of ketones is 1. The van der Waals surface area contributed by atoms with Crippen molar-refractivity contribution in [1.82, 2.24) is 9.55 Å². The Balaban J connectivity index is 2.32. The molecule has 0 N–H and O–H groups in total. The minimum atomic E-state index is -0.311. The lowest BCUT2D eigenvalue weighted by Gasteiger charge is -2.01. The van der Waals surface area contributed by atoms with Gasteiger partial charge in [0, 0.05) is 12.6 Å². The van der Waals surface area contributed by atoms with E-state index >= 15 is 0 Å². The van der Waals surface area contributed by atoms with E-state index in [4.69, 9.17) is 0 Å². The van der Waals surface area contributed by atoms with Crippen molar-refractivity contribution in [3.63, 3.8) is 0 Å². The van der Waals surface area contributed by atoms with Gasteiger partial charge in [0.05, 0.1) is 17.7 Å². The molecule has 1 aromatic carbocycles. The lowest BCUT2D eigenvalue weighted by Crippen LogP contribution is -1.97. The van der Waals surface area contributed by atoms with Crippen LogP contribution in [0.5, 0.6) is 0 Å². The van der Waals surface area contributed by atoms with Gasteiger partial charge < -0.3 is 4.57 Å². The molecule has 16 heavy (non-hydrogen) atoms. The number of para-hydroxylation sites is 1. The first-order chi connectivity index (χ1) is 7.66. The fourth-order valence-corrected chi connectivity index (χ4v) is 1.50. The molecule has 0 aliphatic heterocycles. The lowest BCUT2D eigenvalue weighted by atomic mass is 10.2. The topological polar surface area (TPSA) is 34.9 Å². The standard InChI is InChI=1S/C12H11FN2O/c1-9(16)6-10-7-15(8-14-10)12-5-3-2-4-11(12)13/h2-5,7-8H,6H2,1H3. The maximum atomic E-state index is 13.4. The SMILES string of the molecule is CC(=O)Cc1cn(-c2ccccc2F)cn1. The summed E-state index contributed by atoms with van der Waals surface area (Å²) in [5.41, 5.74) is 1.08. The summed E-state index contributed by atoms with van der Waals surface area (Å²) in [6.45, 7) is 1.50. The molecule has 0 fully saturated rings. The molecule has 0 atom stereocenters. The second-order valence-electron chi connectivity index (χ2n) is 3.60. The third-order valence-corrected chi connectivity index (χ3v) is 2.20. The van der Waals surface area contributed by atoms with Crippen LogP contribution in [-0.2, 0) is 11.2 Å². The fourth-order valence-electron chi connectivity index (χ4n) is 1.50. The van der Waals surface area contributed by atoms with Gasteiger partial charge in [0.15, 0.2) is 0 Å². The Kier molecular flexibility index (Phi) is 2.81. The number of hydrogen-bond donors (Lipinski definition) is 0. The third-order valence-electron chi connectivity index (χ3n) is 2.20. The number of hydrogen-bond acceptors (Lipinski definition) is 2. The highest BCUT2D eigenvalue weighted by atomic mass is 19.1. The maximum Gasteiger partial charge on any atom is 0.147 e. The van der Waals surface area contributed by atoms with E-state index in [-0.39, 0.29) is 18.0 Å². The van der Waals surface area contributed by atoms with Crippen LogP contribution in [0.25, 0.3) is 5.69 Å². The Labute approximate surface area is 92.5 Å². The lowest BCUT2D eigenvalue weighted by molar-refractivity contribution is -0.116. The van der Waals surface area contributed by atoms with Crippen LogP contribution in [0.1, 0.15) is 12.6 Å². The summed E-state index contributed by atoms with van der Waals surface area (Å²) in [7, 11) is 0. The zero-order valence-corrected chi connectivity index (χ0v) is 8.85. The van der Waals surface area contributed by atoms with Crippen molar-refractivity contribution in [2.75, 3.05) is 0 Å². The fraction of sp³-hybridized carbons (Fsp3) is 0.167. The minimum Gasteiger partial charge on any atom is -0.303 e. The van der Waals surface area contributed by atoms with E-state index in [1.54, 1.807) is 29.0 Å². The number of carbonyl (C=O) groups excluding carboxylic acids is 1. The van der Waals surface area contributed by atoms with E-state index in [0.29, 0.717) is 11.4 Å². The number of Topliss-reactive ketones (excluding diaryl/α,β-unsaturated/α-hetero) is 1. The highest BCUT2D eigenvalue weighted by Gasteiger charge is 2.06. The molecule has 2 rings (SSSR count). The maximum absolute atomic E-state index is 13.4. The molecule has 0 radical (unpaired) electrons. The number of rotatable bonds is 3. The summed E-state index contributed by atoms with van der Waals surface area (Å²) in [5.74, 6) is -0.270. The van der Waals surface area contributed by atoms with Crippen molar-refractivity contribution in [1.29, 1.82) is 0 Å². The highest BCUT2D eigenvalue weighted by molar-refractivity contribution is 5.77. The van der Waals surface area contributed by atoms with Crippen molar-refractivity contribution in [3.05, 3.63) is 48.3 Å². The van der Waals surface area contributed by atoms with Crippen molar-refractivity contribution in [2.24, 2.45) is 0 Å². The van der Waals surface area contributed by atoms with Gasteiger partial charge in [-0.3, -0.25) is 4.79 Å². The normalized spacial score (nSPS) is 10.4. The second kappa shape index (κ2) is 4.26. The smallest absolute Gasteiger partial charge is 0.147 e. The number of nitrogens with zero attached hydrogens (tertiary/aromatic N) is 2. The van der Waals surface area contributed by atoms with Crippen molar-refractivity contribution in [2.45, 2.75) is 13.3 Å². The van der Waals surface area contributed by atoms with Gasteiger partial charge in [0.1, 0.15) is 11.6 Å². The summed E-state index contributed by atoms with van der Waals surface area (Å²) in [4.78, 5) is 15.0. The molecule has 0 aliphatic rings. The Morgan fingerprint density at radius 2 is 2.19 bits per heavy atom. The van der Waals surface area contributed by atoms with Crippen LogP contribution in [0.15, 0.2) is 36.8 Å². The van der Waals surface area contributed by atoms with Crippen LogP contribution in [0.3, 0.4) is 0 Å². The van der Waals surface area contributed by atoms with Gasteiger partial charge in [-0.1, -0.05) is 12.1 Å². The van der Waals surface area contributed by atoms with Gasteiger partial charge in [0.2, 0.25) is 0 Å². The molecule has 0 aliphatic carbocycles. The number of benzene rings is 1. The molecule has 82 valence electrons. The molecule has 0 spiro atoms. The minimum absolute atomic E-state index is 0.0405. The van der Waals surface area contributed by atoms with Crippen LogP contribution in [-0.4, -0.2) is 15.3 Å². The van der Waals surface area contributed by atoms with Crippen LogP contribution >= 0.6 is 0 Å². The molecule has 0 unspecified atom stereocenters. The molecule has 0 amide bonds. The summed E-state index contributed by atoms with van der Waals surface area (Å²) in [5, 5.41) is 0. The molecule has 1 aromatic heterocycles. The van der Waals surface area contributed by atoms with Crippen molar-refractivity contribution >= 4 is 5.78 Å². The highest BCUT2D eigenvalue weighted by Crippen LogP contribution is 2.13. The number of aromatic nitrogens is 2. The molecule has 0 bridgehead atoms. The first-order valence-electron chi connectivity index (χ1n) is 4.94. The summed E-state index contributed by atoms with van der Waals surface area (Å²) >= 11 is 0. The molecular weight excluding hydrogens is 207 g/mol. The van der Waals surface area contributed by atoms with Crippen LogP contribution in [0, 0.1) is 5.82 Å². The summed E-state index contributed by atoms with van der Waals surface area (Å²) < 4.78 is 15.0. The van der Waals surface area contributed by atoms with Crippen LogP contribution in [0.2, 0.25) is 0 Å². The molecule has 0 saturated heterocycles. The van der Waals surface area contributed by atoms with E-state index in [1.165, 1.54) is 19.3 Å². The predicted octanol–water partition coefficient (Wildman–Crippen LogP) is 2.14. The first kappa shape index (κ1) is 10.5. The van der Waals surface area contributed by atoms with Crippen molar-refractivity contribution < 1.29 is 9.18 Å². The zero-order chi connectivity index (χ0) is 11.5. The van der Waals surface area contributed by atoms with E-state index in [9.17, 15) is 9.18 Å². The third kappa shape index (κ3) is 2.16. The van der Waals surface area contributed by atoms with Crippen LogP contribution in [0.4, 0.5) is 4.39 Å². The van der Waals surface area contributed by atoms with Gasteiger partial charge in [-0.25, -0.2) is 9.37 Å². The van der Waals surface area contributed by atoms with Gasteiger partial charge in [-0.2, -0.15) is 0 Å². The number of carbonyl (C=O) groups is 1. The van der Waals surface area contributed by atoms with Gasteiger partial charge in [-0.05, 0) is 19.1 Å². The van der Waals surface area contributed by atoms with E-state index in [1.807, 2.05) is 0 Å². The Hall–Kier alpha value is -1.97. The summed E-state index contributed by atoms with van der Waals surface area (Å²) in [6, 6.07) is 6.43. The Morgan fingerprint density at radius 3 is 2.88 bits per heavy atom. The first-order valence-corrected chi connectivity index (χ1v) is 4.94. The second-order valence-corrected chi connectivity index (χ2v) is 3.60. The Bertz CT molecular complexity index is 519. The zero-order valence-electron chi connectivity index (χ0n) is 8.85. The van der Waals surface area contributed by atoms with Gasteiger partial charge in [-0.15, -0.1) is 0 Å². The van der Waals surface area contributed by atoms with E-state index < -0.39 is 0 Å². The van der Waals surface area contributed by atoms with E-state index in [0.717, 1.165) is 0 Å². The van der Waals surface area contributed by atoms with Gasteiger partial charge >= 0.3 is 0 Å². The average Bonchev–Trinajstić information content (AvgIpc) is 2.66. The van der Waals surface area contributed by atoms with Gasteiger partial charge in [0.25, 0.3) is 0 Å². The monoisotopic (exact) mass is 218 g/mol. The quantitative estimate of drug-likeness (QED) is 0.791. The molecular formula is C12H11FN2O. The molecule has 4 heteroatoms. The van der Waals surface area contributed by atoms with E-state index in [2.05, 4.69) is 4.98 Å². The number of imidazole rings is 1.